The van der Waals surface area contributed by atoms with Gasteiger partial charge in [-0.3, -0.25) is 19.5 Å². The lowest BCUT2D eigenvalue weighted by Gasteiger charge is -2.26. The van der Waals surface area contributed by atoms with E-state index in [1.54, 1.807) is 30.5 Å². The van der Waals surface area contributed by atoms with Gasteiger partial charge in [0.2, 0.25) is 0 Å². The Morgan fingerprint density at radius 1 is 0.892 bits per heavy atom. The zero-order valence-electron chi connectivity index (χ0n) is 22.5. The normalized spacial score (nSPS) is 17.8. The van der Waals surface area contributed by atoms with Crippen LogP contribution < -0.4 is 9.64 Å². The van der Waals surface area contributed by atoms with E-state index in [2.05, 4.69) is 46.5 Å². The first-order valence-electron chi connectivity index (χ1n) is 12.4. The summed E-state index contributed by atoms with van der Waals surface area (Å²) in [6, 6.07) is 17.5. The summed E-state index contributed by atoms with van der Waals surface area (Å²) in [4.78, 5) is 32.9. The number of carbonyl (C=O) groups excluding carboxylic acids is 2. The first kappa shape index (κ1) is 26.1. The molecule has 6 heteroatoms. The predicted molar refractivity (Wildman–Crippen MR) is 146 cm³/mol. The van der Waals surface area contributed by atoms with Gasteiger partial charge in [0, 0.05) is 11.9 Å². The maximum atomic E-state index is 13.5. The van der Waals surface area contributed by atoms with Gasteiger partial charge in [-0.1, -0.05) is 65.8 Å². The Morgan fingerprint density at radius 2 is 1.51 bits per heavy atom. The molecule has 2 heterocycles. The van der Waals surface area contributed by atoms with Crippen LogP contribution in [0.15, 0.2) is 72.4 Å². The highest BCUT2D eigenvalue weighted by atomic mass is 16.5. The van der Waals surface area contributed by atoms with Crippen LogP contribution in [0.3, 0.4) is 0 Å². The average molecular weight is 499 g/mol. The van der Waals surface area contributed by atoms with Crippen LogP contribution in [0.5, 0.6) is 5.75 Å². The Labute approximate surface area is 218 Å². The molecule has 1 aromatic heterocycles. The lowest BCUT2D eigenvalue weighted by molar-refractivity contribution is -0.132. The maximum absolute atomic E-state index is 13.5. The van der Waals surface area contributed by atoms with Crippen LogP contribution in [-0.2, 0) is 20.4 Å². The van der Waals surface area contributed by atoms with Gasteiger partial charge < -0.3 is 9.84 Å². The van der Waals surface area contributed by atoms with Crippen LogP contribution in [0, 0.1) is 0 Å². The summed E-state index contributed by atoms with van der Waals surface area (Å²) in [7, 11) is 1.51. The van der Waals surface area contributed by atoms with E-state index in [0.717, 1.165) is 11.1 Å². The Kier molecular flexibility index (Phi) is 6.72. The molecule has 6 nitrogen and oxygen atoms in total. The molecule has 1 N–H and O–H groups in total. The number of nitrogens with zero attached hydrogens (tertiary/aromatic N) is 2. The van der Waals surface area contributed by atoms with E-state index >= 15 is 0 Å². The van der Waals surface area contributed by atoms with E-state index in [1.807, 2.05) is 36.4 Å². The smallest absolute Gasteiger partial charge is 0.300 e. The van der Waals surface area contributed by atoms with Crippen LogP contribution in [-0.4, -0.2) is 28.9 Å². The highest BCUT2D eigenvalue weighted by Gasteiger charge is 2.48. The predicted octanol–water partition coefficient (Wildman–Crippen LogP) is 6.31. The van der Waals surface area contributed by atoms with Gasteiger partial charge in [-0.05, 0) is 58.4 Å². The van der Waals surface area contributed by atoms with E-state index in [9.17, 15) is 14.7 Å². The molecule has 37 heavy (non-hydrogen) atoms. The molecule has 1 atom stereocenters. The molecule has 4 rings (SSSR count). The summed E-state index contributed by atoms with van der Waals surface area (Å²) in [6.07, 6.45) is 1.61. The van der Waals surface area contributed by atoms with Crippen LogP contribution in [0.4, 0.5) is 5.69 Å². The number of amides is 1. The molecule has 1 fully saturated rings. The molecule has 0 aliphatic carbocycles. The van der Waals surface area contributed by atoms with Crippen molar-refractivity contribution >= 4 is 23.1 Å². The second kappa shape index (κ2) is 9.51. The molecule has 2 aromatic carbocycles. The summed E-state index contributed by atoms with van der Waals surface area (Å²) in [5, 5.41) is 11.6. The fourth-order valence-corrected chi connectivity index (χ4v) is 4.54. The summed E-state index contributed by atoms with van der Waals surface area (Å²) in [6.45, 7) is 12.5. The van der Waals surface area contributed by atoms with Gasteiger partial charge in [-0.25, -0.2) is 0 Å². The van der Waals surface area contributed by atoms with Gasteiger partial charge in [-0.2, -0.15) is 0 Å². The second-order valence-electron chi connectivity index (χ2n) is 11.4. The molecule has 0 saturated carbocycles. The van der Waals surface area contributed by atoms with Gasteiger partial charge in [0.15, 0.2) is 0 Å². The average Bonchev–Trinajstić information content (AvgIpc) is 3.13. The molecule has 0 radical (unpaired) electrons. The topological polar surface area (TPSA) is 79.7 Å². The molecular formula is C31H34N2O4. The molecule has 1 saturated heterocycles. The second-order valence-corrected chi connectivity index (χ2v) is 11.4. The summed E-state index contributed by atoms with van der Waals surface area (Å²) < 4.78 is 5.53. The molecule has 0 bridgehead atoms. The van der Waals surface area contributed by atoms with Crippen molar-refractivity contribution in [3.05, 3.63) is 94.8 Å². The summed E-state index contributed by atoms with van der Waals surface area (Å²) >= 11 is 0. The van der Waals surface area contributed by atoms with Crippen LogP contribution in [0.1, 0.15) is 70.0 Å². The Hall–Kier alpha value is -3.93. The number of hydrogen-bond acceptors (Lipinski definition) is 5. The Bertz CT molecular complexity index is 1360. The molecule has 1 aliphatic rings. The van der Waals surface area contributed by atoms with Crippen molar-refractivity contribution in [2.24, 2.45) is 0 Å². The van der Waals surface area contributed by atoms with Crippen molar-refractivity contribution in [3.63, 3.8) is 0 Å². The number of methoxy groups -OCH3 is 1. The number of hydrogen-bond donors (Lipinski definition) is 1. The lowest BCUT2D eigenvalue weighted by atomic mass is 9.85. The molecule has 3 aromatic rings. The van der Waals surface area contributed by atoms with Crippen LogP contribution >= 0.6 is 0 Å². The fourth-order valence-electron chi connectivity index (χ4n) is 4.54. The van der Waals surface area contributed by atoms with E-state index < -0.39 is 17.7 Å². The van der Waals surface area contributed by atoms with Crippen molar-refractivity contribution in [2.75, 3.05) is 12.0 Å². The van der Waals surface area contributed by atoms with Gasteiger partial charge in [0.25, 0.3) is 11.7 Å². The number of rotatable bonds is 4. The number of ether oxygens (including phenoxy) is 1. The lowest BCUT2D eigenvalue weighted by Crippen LogP contribution is -2.30. The molecule has 0 spiro atoms. The van der Waals surface area contributed by atoms with E-state index in [1.165, 1.54) is 12.0 Å². The zero-order valence-corrected chi connectivity index (χ0v) is 22.5. The largest absolute Gasteiger partial charge is 0.507 e. The third-order valence-electron chi connectivity index (χ3n) is 6.74. The van der Waals surface area contributed by atoms with E-state index in [0.29, 0.717) is 22.7 Å². The number of aliphatic hydroxyl groups excluding tert-OH is 1. The van der Waals surface area contributed by atoms with Gasteiger partial charge in [0.05, 0.1) is 23.9 Å². The van der Waals surface area contributed by atoms with Gasteiger partial charge >= 0.3 is 0 Å². The molecule has 192 valence electrons. The van der Waals surface area contributed by atoms with Crippen molar-refractivity contribution in [2.45, 2.75) is 58.4 Å². The minimum absolute atomic E-state index is 0.0204. The quantitative estimate of drug-likeness (QED) is 0.259. The minimum Gasteiger partial charge on any atom is -0.507 e. The van der Waals surface area contributed by atoms with E-state index in [-0.39, 0.29) is 22.2 Å². The summed E-state index contributed by atoms with van der Waals surface area (Å²) in [5.74, 6) is -1.36. The third-order valence-corrected chi connectivity index (χ3v) is 6.74. The first-order valence-corrected chi connectivity index (χ1v) is 12.4. The van der Waals surface area contributed by atoms with Crippen molar-refractivity contribution in [3.8, 4) is 5.75 Å². The number of anilines is 1. The van der Waals surface area contributed by atoms with Crippen molar-refractivity contribution in [1.82, 2.24) is 4.98 Å². The number of aliphatic hydroxyl groups is 1. The van der Waals surface area contributed by atoms with Gasteiger partial charge in [-0.15, -0.1) is 0 Å². The highest BCUT2D eigenvalue weighted by molar-refractivity contribution is 6.51. The highest BCUT2D eigenvalue weighted by Crippen LogP contribution is 2.43. The van der Waals surface area contributed by atoms with Crippen molar-refractivity contribution in [1.29, 1.82) is 0 Å². The molecule has 1 amide bonds. The van der Waals surface area contributed by atoms with E-state index in [4.69, 9.17) is 4.74 Å². The number of aromatic nitrogens is 1. The number of benzene rings is 2. The SMILES string of the molecule is COc1ccc(C(C)(C)C)cc1/C(O)=C1\C(=O)C(=O)N(c2ccc(C(C)(C)C)cc2)C1c1ccccn1. The fraction of sp³-hybridized carbons (Fsp3) is 0.323. The molecule has 1 aliphatic heterocycles. The zero-order chi connectivity index (χ0) is 27.1. The first-order chi connectivity index (χ1) is 17.3. The number of pyridine rings is 1. The Morgan fingerprint density at radius 3 is 2.05 bits per heavy atom. The number of carbonyl (C=O) groups is 2. The molecule has 1 unspecified atom stereocenters. The van der Waals surface area contributed by atoms with Crippen LogP contribution in [0.25, 0.3) is 5.76 Å². The standard InChI is InChI=1S/C31H34N2O4/c1-30(2,3)19-11-14-21(15-12-19)33-26(23-10-8-9-17-32-23)25(28(35)29(33)36)27(34)22-18-20(31(4,5)6)13-16-24(22)37-7/h8-18,26,34H,1-7H3/b27-25+. The van der Waals surface area contributed by atoms with Gasteiger partial charge in [0.1, 0.15) is 17.6 Å². The monoisotopic (exact) mass is 498 g/mol. The molecular weight excluding hydrogens is 464 g/mol. The number of ketones is 1. The Balaban J connectivity index is 1.95. The third kappa shape index (κ3) is 4.88. The summed E-state index contributed by atoms with van der Waals surface area (Å²) in [5.41, 5.74) is 3.16. The number of Topliss-reactive ketones (excluding diaryl/α,β-unsaturated/α-hetero) is 1. The van der Waals surface area contributed by atoms with Crippen LogP contribution in [0.2, 0.25) is 0 Å². The maximum Gasteiger partial charge on any atom is 0.300 e. The minimum atomic E-state index is -0.898. The van der Waals surface area contributed by atoms with Crippen molar-refractivity contribution < 1.29 is 19.4 Å².